The van der Waals surface area contributed by atoms with Crippen molar-refractivity contribution in [2.24, 2.45) is 0 Å². The van der Waals surface area contributed by atoms with Gasteiger partial charge in [-0.05, 0) is 60.7 Å². The van der Waals surface area contributed by atoms with Crippen molar-refractivity contribution in [1.82, 2.24) is 4.98 Å². The molecule has 0 radical (unpaired) electrons. The van der Waals surface area contributed by atoms with Crippen LogP contribution in [0.4, 0.5) is 15.8 Å². The summed E-state index contributed by atoms with van der Waals surface area (Å²) in [6.07, 6.45) is 2.94. The first-order valence-electron chi connectivity index (χ1n) is 7.54. The molecule has 1 amide bonds. The van der Waals surface area contributed by atoms with Crippen LogP contribution in [0.3, 0.4) is 0 Å². The second-order valence-electron chi connectivity index (χ2n) is 5.33. The molecule has 0 fully saturated rings. The molecule has 132 valence electrons. The summed E-state index contributed by atoms with van der Waals surface area (Å²) >= 11 is 0. The van der Waals surface area contributed by atoms with Crippen molar-refractivity contribution < 1.29 is 17.6 Å². The van der Waals surface area contributed by atoms with Gasteiger partial charge < -0.3 is 5.32 Å². The molecule has 0 aliphatic carbocycles. The Hall–Kier alpha value is -3.26. The Bertz CT molecular complexity index is 1010. The van der Waals surface area contributed by atoms with Crippen molar-refractivity contribution in [2.75, 3.05) is 10.0 Å². The Morgan fingerprint density at radius 1 is 0.923 bits per heavy atom. The Morgan fingerprint density at radius 2 is 1.62 bits per heavy atom. The zero-order valence-electron chi connectivity index (χ0n) is 13.4. The fraction of sp³-hybridized carbons (Fsp3) is 0. The van der Waals surface area contributed by atoms with E-state index < -0.39 is 21.7 Å². The zero-order chi connectivity index (χ0) is 18.6. The molecule has 8 heteroatoms. The molecule has 0 atom stereocenters. The highest BCUT2D eigenvalue weighted by molar-refractivity contribution is 7.92. The normalized spacial score (nSPS) is 11.0. The molecule has 0 saturated heterocycles. The molecule has 0 unspecified atom stereocenters. The second kappa shape index (κ2) is 7.32. The number of nitrogens with zero attached hydrogens (tertiary/aromatic N) is 1. The second-order valence-corrected chi connectivity index (χ2v) is 7.01. The van der Waals surface area contributed by atoms with Crippen LogP contribution in [0.2, 0.25) is 0 Å². The van der Waals surface area contributed by atoms with Crippen molar-refractivity contribution in [3.63, 3.8) is 0 Å². The van der Waals surface area contributed by atoms with Gasteiger partial charge in [-0.15, -0.1) is 0 Å². The topological polar surface area (TPSA) is 88.2 Å². The summed E-state index contributed by atoms with van der Waals surface area (Å²) in [6, 6.07) is 14.0. The first-order valence-corrected chi connectivity index (χ1v) is 9.02. The van der Waals surface area contributed by atoms with Crippen molar-refractivity contribution in [1.29, 1.82) is 0 Å². The maximum atomic E-state index is 12.9. The number of aromatic nitrogens is 1. The first-order chi connectivity index (χ1) is 12.4. The SMILES string of the molecule is O=C(Nc1ccc(S(=O)(=O)Nc2cccnc2)cc1)c1ccc(F)cc1. The molecular weight excluding hydrogens is 357 g/mol. The Morgan fingerprint density at radius 3 is 2.23 bits per heavy atom. The number of hydrogen-bond donors (Lipinski definition) is 2. The summed E-state index contributed by atoms with van der Waals surface area (Å²) in [5.74, 6) is -0.855. The van der Waals surface area contributed by atoms with Gasteiger partial charge in [-0.25, -0.2) is 12.8 Å². The van der Waals surface area contributed by atoms with E-state index in [-0.39, 0.29) is 4.90 Å². The molecule has 0 aliphatic heterocycles. The van der Waals surface area contributed by atoms with E-state index in [4.69, 9.17) is 0 Å². The molecule has 0 bridgehead atoms. The third kappa shape index (κ3) is 4.22. The third-order valence-electron chi connectivity index (χ3n) is 3.44. The van der Waals surface area contributed by atoms with Gasteiger partial charge in [0, 0.05) is 17.4 Å². The fourth-order valence-corrected chi connectivity index (χ4v) is 3.20. The summed E-state index contributed by atoms with van der Waals surface area (Å²) < 4.78 is 40.0. The van der Waals surface area contributed by atoms with Crippen LogP contribution in [-0.2, 0) is 10.0 Å². The van der Waals surface area contributed by atoms with E-state index >= 15 is 0 Å². The van der Waals surface area contributed by atoms with Gasteiger partial charge in [0.1, 0.15) is 5.82 Å². The quantitative estimate of drug-likeness (QED) is 0.720. The van der Waals surface area contributed by atoms with Crippen LogP contribution in [0.15, 0.2) is 78.0 Å². The number of hydrogen-bond acceptors (Lipinski definition) is 4. The van der Waals surface area contributed by atoms with E-state index in [1.54, 1.807) is 12.1 Å². The molecule has 0 aliphatic rings. The number of nitrogens with one attached hydrogen (secondary N) is 2. The molecule has 1 aromatic heterocycles. The zero-order valence-corrected chi connectivity index (χ0v) is 14.2. The summed E-state index contributed by atoms with van der Waals surface area (Å²) in [7, 11) is -3.76. The predicted octanol–water partition coefficient (Wildman–Crippen LogP) is 3.27. The van der Waals surface area contributed by atoms with Gasteiger partial charge in [-0.3, -0.25) is 14.5 Å². The lowest BCUT2D eigenvalue weighted by Crippen LogP contribution is -2.14. The smallest absolute Gasteiger partial charge is 0.261 e. The van der Waals surface area contributed by atoms with Crippen LogP contribution >= 0.6 is 0 Å². The van der Waals surface area contributed by atoms with Gasteiger partial charge in [0.2, 0.25) is 0 Å². The van der Waals surface area contributed by atoms with Gasteiger partial charge in [0.25, 0.3) is 15.9 Å². The van der Waals surface area contributed by atoms with Crippen LogP contribution in [0, 0.1) is 5.82 Å². The minimum absolute atomic E-state index is 0.0427. The number of rotatable bonds is 5. The molecule has 0 spiro atoms. The van der Waals surface area contributed by atoms with Crippen molar-refractivity contribution >= 4 is 27.3 Å². The van der Waals surface area contributed by atoms with E-state index in [0.717, 1.165) is 0 Å². The van der Waals surface area contributed by atoms with Gasteiger partial charge in [-0.2, -0.15) is 0 Å². The van der Waals surface area contributed by atoms with E-state index in [1.165, 1.54) is 60.9 Å². The van der Waals surface area contributed by atoms with Crippen LogP contribution in [0.1, 0.15) is 10.4 Å². The third-order valence-corrected chi connectivity index (χ3v) is 4.84. The van der Waals surface area contributed by atoms with Crippen LogP contribution in [-0.4, -0.2) is 19.3 Å². The molecule has 3 aromatic rings. The fourth-order valence-electron chi connectivity index (χ4n) is 2.16. The van der Waals surface area contributed by atoms with Crippen LogP contribution in [0.5, 0.6) is 0 Å². The summed E-state index contributed by atoms with van der Waals surface area (Å²) in [5.41, 5.74) is 1.06. The molecule has 2 N–H and O–H groups in total. The summed E-state index contributed by atoms with van der Waals surface area (Å²) in [5, 5.41) is 2.62. The maximum Gasteiger partial charge on any atom is 0.261 e. The highest BCUT2D eigenvalue weighted by Gasteiger charge is 2.14. The summed E-state index contributed by atoms with van der Waals surface area (Å²) in [6.45, 7) is 0. The number of pyridine rings is 1. The van der Waals surface area contributed by atoms with Crippen molar-refractivity contribution in [3.05, 3.63) is 84.4 Å². The van der Waals surface area contributed by atoms with E-state index in [0.29, 0.717) is 16.9 Å². The molecule has 0 saturated carbocycles. The largest absolute Gasteiger partial charge is 0.322 e. The number of benzene rings is 2. The first kappa shape index (κ1) is 17.6. The number of amides is 1. The minimum Gasteiger partial charge on any atom is -0.322 e. The van der Waals surface area contributed by atoms with E-state index in [2.05, 4.69) is 15.0 Å². The van der Waals surface area contributed by atoms with Crippen molar-refractivity contribution in [2.45, 2.75) is 4.90 Å². The van der Waals surface area contributed by atoms with Crippen LogP contribution < -0.4 is 10.0 Å². The lowest BCUT2D eigenvalue weighted by atomic mass is 10.2. The van der Waals surface area contributed by atoms with E-state index in [9.17, 15) is 17.6 Å². The number of anilines is 2. The predicted molar refractivity (Wildman–Crippen MR) is 95.8 cm³/mol. The van der Waals surface area contributed by atoms with Gasteiger partial charge in [-0.1, -0.05) is 0 Å². The molecular formula is C18H14FN3O3S. The highest BCUT2D eigenvalue weighted by Crippen LogP contribution is 2.18. The van der Waals surface area contributed by atoms with E-state index in [1.807, 2.05) is 0 Å². The maximum absolute atomic E-state index is 12.9. The average molecular weight is 371 g/mol. The van der Waals surface area contributed by atoms with Crippen molar-refractivity contribution in [3.8, 4) is 0 Å². The number of halogens is 1. The Kier molecular flexibility index (Phi) is 4.94. The standard InChI is InChI=1S/C18H14FN3O3S/c19-14-5-3-13(4-6-14)18(23)21-15-7-9-17(10-8-15)26(24,25)22-16-2-1-11-20-12-16/h1-12,22H,(H,21,23). The number of carbonyl (C=O) groups is 1. The highest BCUT2D eigenvalue weighted by atomic mass is 32.2. The summed E-state index contributed by atoms with van der Waals surface area (Å²) in [4.78, 5) is 16.0. The Balaban J connectivity index is 1.71. The molecule has 3 rings (SSSR count). The molecule has 26 heavy (non-hydrogen) atoms. The lowest BCUT2D eigenvalue weighted by Gasteiger charge is -2.09. The molecule has 1 heterocycles. The number of carbonyl (C=O) groups excluding carboxylic acids is 1. The van der Waals surface area contributed by atoms with Gasteiger partial charge in [0.15, 0.2) is 0 Å². The monoisotopic (exact) mass is 371 g/mol. The van der Waals surface area contributed by atoms with Gasteiger partial charge in [0.05, 0.1) is 16.8 Å². The Labute approximate surface area is 149 Å². The van der Waals surface area contributed by atoms with Crippen LogP contribution in [0.25, 0.3) is 0 Å². The molecule has 6 nitrogen and oxygen atoms in total. The number of sulfonamides is 1. The minimum atomic E-state index is -3.76. The average Bonchev–Trinajstić information content (AvgIpc) is 2.63. The van der Waals surface area contributed by atoms with Gasteiger partial charge >= 0.3 is 0 Å². The lowest BCUT2D eigenvalue weighted by molar-refractivity contribution is 0.102. The molecule has 2 aromatic carbocycles.